The third kappa shape index (κ3) is 4.10. The van der Waals surface area contributed by atoms with Crippen LogP contribution in [0.25, 0.3) is 0 Å². The van der Waals surface area contributed by atoms with Gasteiger partial charge in [0.15, 0.2) is 5.76 Å². The Bertz CT molecular complexity index is 1080. The van der Waals surface area contributed by atoms with E-state index in [9.17, 15) is 4.79 Å². The number of hydrogen-bond acceptors (Lipinski definition) is 4. The molecule has 1 fully saturated rings. The lowest BCUT2D eigenvalue weighted by Gasteiger charge is -2.47. The average Bonchev–Trinajstić information content (AvgIpc) is 3.53. The zero-order valence-electron chi connectivity index (χ0n) is 19.9. The number of carbonyl (C=O) groups is 1. The van der Waals surface area contributed by atoms with Gasteiger partial charge in [-0.2, -0.15) is 0 Å². The van der Waals surface area contributed by atoms with Gasteiger partial charge in [0.2, 0.25) is 5.72 Å². The van der Waals surface area contributed by atoms with Gasteiger partial charge in [0.05, 0.1) is 30.5 Å². The molecule has 2 unspecified atom stereocenters. The Kier molecular flexibility index (Phi) is 6.04. The van der Waals surface area contributed by atoms with E-state index in [1.807, 2.05) is 6.08 Å². The molecule has 6 nitrogen and oxygen atoms in total. The van der Waals surface area contributed by atoms with E-state index in [2.05, 4.69) is 48.1 Å². The monoisotopic (exact) mass is 449 g/mol. The molecular formula is C27H35N3O3. The first-order chi connectivity index (χ1) is 16.0. The van der Waals surface area contributed by atoms with Crippen molar-refractivity contribution < 1.29 is 14.3 Å². The molecule has 2 bridgehead atoms. The number of fused-ring (bicyclic) bond motifs is 5. The lowest BCUT2D eigenvalue weighted by molar-refractivity contribution is -0.147. The molecule has 0 aromatic carbocycles. The second-order valence-corrected chi connectivity index (χ2v) is 9.78. The summed E-state index contributed by atoms with van der Waals surface area (Å²) < 4.78 is 12.7. The number of methoxy groups -OCH3 is 1. The van der Waals surface area contributed by atoms with Crippen LogP contribution in [-0.2, 0) is 27.1 Å². The molecule has 5 heterocycles. The molecule has 3 aliphatic heterocycles. The quantitative estimate of drug-likeness (QED) is 0.674. The Labute approximate surface area is 195 Å². The fraction of sp³-hybridized carbons (Fsp3) is 0.556. The fourth-order valence-corrected chi connectivity index (χ4v) is 5.91. The minimum Gasteiger partial charge on any atom is -0.496 e. The van der Waals surface area contributed by atoms with Gasteiger partial charge in [-0.1, -0.05) is 13.3 Å². The van der Waals surface area contributed by atoms with Crippen LogP contribution in [0.4, 0.5) is 0 Å². The van der Waals surface area contributed by atoms with E-state index in [4.69, 9.17) is 14.5 Å². The maximum absolute atomic E-state index is 12.3. The number of carbonyl (C=O) groups excluding carboxylic acids is 1. The molecule has 33 heavy (non-hydrogen) atoms. The average molecular weight is 450 g/mol. The van der Waals surface area contributed by atoms with Gasteiger partial charge in [0.1, 0.15) is 5.78 Å². The molecule has 1 spiro atoms. The van der Waals surface area contributed by atoms with Crippen molar-refractivity contribution in [3.63, 3.8) is 0 Å². The Balaban J connectivity index is 1.60. The second-order valence-electron chi connectivity index (χ2n) is 9.78. The van der Waals surface area contributed by atoms with Crippen molar-refractivity contribution >= 4 is 11.5 Å². The van der Waals surface area contributed by atoms with Crippen LogP contribution in [0.15, 0.2) is 41.1 Å². The first-order valence-electron chi connectivity index (χ1n) is 12.4. The van der Waals surface area contributed by atoms with Crippen molar-refractivity contribution in [3.8, 4) is 0 Å². The number of Topliss-reactive ketones (excluding diaryl/α,β-unsaturated/α-hetero) is 1. The predicted molar refractivity (Wildman–Crippen MR) is 129 cm³/mol. The van der Waals surface area contributed by atoms with Crippen LogP contribution >= 0.6 is 0 Å². The number of aryl methyl sites for hydroxylation is 2. The van der Waals surface area contributed by atoms with Crippen LogP contribution in [0.3, 0.4) is 0 Å². The van der Waals surface area contributed by atoms with Gasteiger partial charge < -0.3 is 19.4 Å². The molecule has 176 valence electrons. The van der Waals surface area contributed by atoms with Crippen LogP contribution in [0, 0.1) is 5.92 Å². The lowest BCUT2D eigenvalue weighted by atomic mass is 9.73. The summed E-state index contributed by atoms with van der Waals surface area (Å²) in [5.74, 6) is 1.55. The van der Waals surface area contributed by atoms with E-state index in [1.54, 1.807) is 7.11 Å². The molecule has 5 rings (SSSR count). The first kappa shape index (κ1) is 22.2. The Morgan fingerprint density at radius 1 is 1.15 bits per heavy atom. The zero-order valence-corrected chi connectivity index (χ0v) is 19.9. The number of hydrogen-bond donors (Lipinski definition) is 2. The number of rotatable bonds is 3. The van der Waals surface area contributed by atoms with Crippen molar-refractivity contribution in [1.29, 1.82) is 0 Å². The number of H-pyrrole nitrogens is 2. The summed E-state index contributed by atoms with van der Waals surface area (Å²) in [6.45, 7) is 4.28. The maximum atomic E-state index is 12.3. The van der Waals surface area contributed by atoms with Gasteiger partial charge in [0, 0.05) is 36.0 Å². The number of aromatic nitrogens is 2. The van der Waals surface area contributed by atoms with E-state index in [0.717, 1.165) is 67.1 Å². The predicted octanol–water partition coefficient (Wildman–Crippen LogP) is 5.22. The minimum atomic E-state index is -0.883. The number of nitrogens with zero attached hydrogens (tertiary/aromatic N) is 1. The first-order valence-corrected chi connectivity index (χ1v) is 12.4. The molecule has 2 aromatic rings. The van der Waals surface area contributed by atoms with E-state index in [-0.39, 0.29) is 12.0 Å². The standard InChI is InChI=1S/C27H35N3O3/c1-4-19-10-13-22(28-19)24-16-25(32-3)27(30-24)26-18(15-17(2)33-27)7-5-6-8-21(31)12-9-20-11-14-23(26)29-20/h10-11,13-14,16-18,26,28-29H,4-9,12,15H2,1-3H3/t17?,18-,26-,27?/m0/s1. The molecule has 0 amide bonds. The summed E-state index contributed by atoms with van der Waals surface area (Å²) in [5, 5.41) is 0. The highest BCUT2D eigenvalue weighted by molar-refractivity contribution is 6.09. The molecule has 1 saturated heterocycles. The van der Waals surface area contributed by atoms with Gasteiger partial charge in [0.25, 0.3) is 0 Å². The van der Waals surface area contributed by atoms with Crippen molar-refractivity contribution in [2.75, 3.05) is 7.11 Å². The molecule has 0 radical (unpaired) electrons. The SMILES string of the molecule is CCc1ccc(C2=NC3(OC(C)C[C@@H]4CCCCC(=O)CCc5ccc([nH]5)[C@H]43)C(OC)=C2)[nH]1. The molecular weight excluding hydrogens is 414 g/mol. The number of ketones is 1. The molecule has 3 aliphatic rings. The van der Waals surface area contributed by atoms with Gasteiger partial charge in [-0.05, 0) is 69.2 Å². The molecule has 2 aromatic heterocycles. The molecule has 0 saturated carbocycles. The summed E-state index contributed by atoms with van der Waals surface area (Å²) in [7, 11) is 1.72. The van der Waals surface area contributed by atoms with Crippen LogP contribution in [0.2, 0.25) is 0 Å². The highest BCUT2D eigenvalue weighted by Crippen LogP contribution is 2.53. The molecule has 6 heteroatoms. The van der Waals surface area contributed by atoms with Gasteiger partial charge in [-0.3, -0.25) is 4.79 Å². The van der Waals surface area contributed by atoms with Crippen molar-refractivity contribution in [1.82, 2.24) is 9.97 Å². The fourth-order valence-electron chi connectivity index (χ4n) is 5.91. The number of ether oxygens (including phenoxy) is 2. The Hall–Kier alpha value is -2.60. The van der Waals surface area contributed by atoms with Crippen LogP contribution in [0.1, 0.15) is 81.1 Å². The Morgan fingerprint density at radius 2 is 2.03 bits per heavy atom. The highest BCUT2D eigenvalue weighted by atomic mass is 16.6. The molecule has 0 aliphatic carbocycles. The third-order valence-corrected chi connectivity index (χ3v) is 7.50. The van der Waals surface area contributed by atoms with E-state index in [0.29, 0.717) is 24.5 Å². The zero-order chi connectivity index (χ0) is 23.0. The number of aromatic amines is 2. The van der Waals surface area contributed by atoms with Gasteiger partial charge in [-0.25, -0.2) is 4.99 Å². The summed E-state index contributed by atoms with van der Waals surface area (Å²) in [6, 6.07) is 8.50. The van der Waals surface area contributed by atoms with Crippen LogP contribution < -0.4 is 0 Å². The number of nitrogens with one attached hydrogen (secondary N) is 2. The van der Waals surface area contributed by atoms with Gasteiger partial charge in [-0.15, -0.1) is 0 Å². The second kappa shape index (κ2) is 8.98. The lowest BCUT2D eigenvalue weighted by Crippen LogP contribution is -2.49. The normalized spacial score (nSPS) is 30.3. The summed E-state index contributed by atoms with van der Waals surface area (Å²) in [4.78, 5) is 24.6. The van der Waals surface area contributed by atoms with E-state index in [1.165, 1.54) is 5.69 Å². The molecule has 4 atom stereocenters. The van der Waals surface area contributed by atoms with Gasteiger partial charge >= 0.3 is 0 Å². The largest absolute Gasteiger partial charge is 0.496 e. The molecule has 2 N–H and O–H groups in total. The van der Waals surface area contributed by atoms with Crippen molar-refractivity contribution in [2.24, 2.45) is 10.9 Å². The summed E-state index contributed by atoms with van der Waals surface area (Å²) in [6.07, 6.45) is 9.11. The number of aliphatic imine (C=N–C) groups is 1. The summed E-state index contributed by atoms with van der Waals surface area (Å²) >= 11 is 0. The van der Waals surface area contributed by atoms with Crippen LogP contribution in [-0.4, -0.2) is 40.4 Å². The van der Waals surface area contributed by atoms with E-state index < -0.39 is 5.72 Å². The summed E-state index contributed by atoms with van der Waals surface area (Å²) in [5.41, 5.74) is 4.41. The maximum Gasteiger partial charge on any atom is 0.226 e. The minimum absolute atomic E-state index is 0.0295. The number of allylic oxidation sites excluding steroid dienone is 1. The van der Waals surface area contributed by atoms with E-state index >= 15 is 0 Å². The highest BCUT2D eigenvalue weighted by Gasteiger charge is 2.56. The Morgan fingerprint density at radius 3 is 2.82 bits per heavy atom. The van der Waals surface area contributed by atoms with Crippen molar-refractivity contribution in [2.45, 2.75) is 83.0 Å². The van der Waals surface area contributed by atoms with Crippen molar-refractivity contribution in [3.05, 3.63) is 58.9 Å². The third-order valence-electron chi connectivity index (χ3n) is 7.50. The topological polar surface area (TPSA) is 79.5 Å². The smallest absolute Gasteiger partial charge is 0.226 e. The van der Waals surface area contributed by atoms with Crippen LogP contribution in [0.5, 0.6) is 0 Å².